The van der Waals surface area contributed by atoms with Crippen molar-refractivity contribution in [2.24, 2.45) is 5.73 Å². The molecule has 1 aliphatic carbocycles. The number of nitrogens with zero attached hydrogens (tertiary/aromatic N) is 2. The van der Waals surface area contributed by atoms with Gasteiger partial charge < -0.3 is 15.7 Å². The van der Waals surface area contributed by atoms with E-state index in [1.807, 2.05) is 77.7 Å². The van der Waals surface area contributed by atoms with Gasteiger partial charge in [-0.2, -0.15) is 0 Å². The zero-order valence-corrected chi connectivity index (χ0v) is 22.9. The summed E-state index contributed by atoms with van der Waals surface area (Å²) in [5, 5.41) is 10.8. The number of nitrogens with two attached hydrogens (primary N) is 1. The fourth-order valence-corrected chi connectivity index (χ4v) is 6.44. The van der Waals surface area contributed by atoms with Crippen molar-refractivity contribution in [1.29, 1.82) is 0 Å². The van der Waals surface area contributed by atoms with Crippen LogP contribution in [0.15, 0.2) is 72.8 Å². The number of aryl methyl sites for hydroxylation is 1. The Morgan fingerprint density at radius 2 is 1.52 bits per heavy atom. The number of amides is 2. The largest absolute Gasteiger partial charge is 0.480 e. The van der Waals surface area contributed by atoms with Gasteiger partial charge in [-0.1, -0.05) is 79.2 Å². The lowest BCUT2D eigenvalue weighted by molar-refractivity contribution is -0.142. The van der Waals surface area contributed by atoms with Crippen molar-refractivity contribution in [2.45, 2.75) is 43.9 Å². The first-order valence-electron chi connectivity index (χ1n) is 14.2. The highest BCUT2D eigenvalue weighted by molar-refractivity contribution is 5.98. The standard InChI is InChI=1S/C33H37N3O4/c34-29(37)16-15-25-11-8-13-27-26-12-4-5-14-28(26)33(31(25)27,32(39)40)17-6-7-18-35-19-21-36(22-20-35)30(38)23-24-9-2-1-3-10-24/h1-5,8-14H,6-7,15-23H2,(H2,34,37)(H,39,40). The maximum absolute atomic E-state index is 13.1. The molecule has 1 unspecified atom stereocenters. The lowest BCUT2D eigenvalue weighted by atomic mass is 9.72. The second-order valence-electron chi connectivity index (χ2n) is 10.9. The number of carboxylic acid groups (broad SMARTS) is 1. The van der Waals surface area contributed by atoms with Crippen LogP contribution >= 0.6 is 0 Å². The van der Waals surface area contributed by atoms with E-state index in [1.54, 1.807) is 0 Å². The smallest absolute Gasteiger partial charge is 0.318 e. The van der Waals surface area contributed by atoms with E-state index in [0.29, 0.717) is 32.4 Å². The van der Waals surface area contributed by atoms with Gasteiger partial charge in [-0.3, -0.25) is 19.3 Å². The number of fused-ring (bicyclic) bond motifs is 3. The SMILES string of the molecule is NC(=O)CCc1cccc2c1C(CCCCN1CCN(C(=O)Cc3ccccc3)CC1)(C(=O)O)c1ccccc1-2. The summed E-state index contributed by atoms with van der Waals surface area (Å²) in [6.45, 7) is 3.96. The number of carbonyl (C=O) groups is 3. The zero-order chi connectivity index (χ0) is 28.1. The van der Waals surface area contributed by atoms with Gasteiger partial charge in [0.2, 0.25) is 11.8 Å². The summed E-state index contributed by atoms with van der Waals surface area (Å²) in [4.78, 5) is 41.7. The molecule has 7 nitrogen and oxygen atoms in total. The third-order valence-corrected chi connectivity index (χ3v) is 8.46. The van der Waals surface area contributed by atoms with Crippen LogP contribution in [-0.2, 0) is 32.6 Å². The number of aliphatic carboxylic acids is 1. The van der Waals surface area contributed by atoms with Crippen LogP contribution < -0.4 is 5.73 Å². The predicted molar refractivity (Wildman–Crippen MR) is 155 cm³/mol. The Morgan fingerprint density at radius 3 is 2.25 bits per heavy atom. The number of carbonyl (C=O) groups excluding carboxylic acids is 2. The van der Waals surface area contributed by atoms with Crippen molar-refractivity contribution < 1.29 is 19.5 Å². The summed E-state index contributed by atoms with van der Waals surface area (Å²) in [5.74, 6) is -1.08. The summed E-state index contributed by atoms with van der Waals surface area (Å²) in [6, 6.07) is 23.5. The van der Waals surface area contributed by atoms with Crippen LogP contribution in [0.3, 0.4) is 0 Å². The van der Waals surface area contributed by atoms with Crippen molar-refractivity contribution in [2.75, 3.05) is 32.7 Å². The molecule has 2 aliphatic rings. The van der Waals surface area contributed by atoms with Crippen molar-refractivity contribution >= 4 is 17.8 Å². The van der Waals surface area contributed by atoms with Gasteiger partial charge >= 0.3 is 5.97 Å². The lowest BCUT2D eigenvalue weighted by Gasteiger charge is -2.35. The lowest BCUT2D eigenvalue weighted by Crippen LogP contribution is -2.49. The number of benzene rings is 3. The quantitative estimate of drug-likeness (QED) is 0.359. The molecule has 3 N–H and O–H groups in total. The Labute approximate surface area is 235 Å². The first kappa shape index (κ1) is 27.6. The highest BCUT2D eigenvalue weighted by Crippen LogP contribution is 2.53. The Morgan fingerprint density at radius 1 is 0.825 bits per heavy atom. The summed E-state index contributed by atoms with van der Waals surface area (Å²) in [6.07, 6.45) is 3.14. The van der Waals surface area contributed by atoms with Gasteiger partial charge in [0, 0.05) is 32.6 Å². The molecular weight excluding hydrogens is 502 g/mol. The summed E-state index contributed by atoms with van der Waals surface area (Å²) < 4.78 is 0. The molecule has 0 spiro atoms. The van der Waals surface area contributed by atoms with Crippen molar-refractivity contribution in [1.82, 2.24) is 9.80 Å². The molecule has 1 saturated heterocycles. The van der Waals surface area contributed by atoms with Crippen LogP contribution in [0.4, 0.5) is 0 Å². The minimum atomic E-state index is -1.15. The van der Waals surface area contributed by atoms with Gasteiger partial charge in [0.05, 0.1) is 6.42 Å². The third kappa shape index (κ3) is 5.52. The molecule has 0 saturated carbocycles. The molecular formula is C33H37N3O4. The topological polar surface area (TPSA) is 104 Å². The number of carboxylic acids is 1. The number of hydrogen-bond donors (Lipinski definition) is 2. The maximum Gasteiger partial charge on any atom is 0.318 e. The highest BCUT2D eigenvalue weighted by Gasteiger charge is 2.50. The molecule has 0 radical (unpaired) electrons. The Hall–Kier alpha value is -3.97. The molecule has 5 rings (SSSR count). The summed E-state index contributed by atoms with van der Waals surface area (Å²) >= 11 is 0. The van der Waals surface area contributed by atoms with E-state index in [2.05, 4.69) is 4.90 Å². The molecule has 1 heterocycles. The molecule has 7 heteroatoms. The average Bonchev–Trinajstić information content (AvgIpc) is 3.26. The number of unbranched alkanes of at least 4 members (excludes halogenated alkanes) is 1. The van der Waals surface area contributed by atoms with Crippen LogP contribution in [0.2, 0.25) is 0 Å². The number of rotatable bonds is 11. The first-order chi connectivity index (χ1) is 19.4. The third-order valence-electron chi connectivity index (χ3n) is 8.46. The maximum atomic E-state index is 13.1. The minimum absolute atomic E-state index is 0.167. The van der Waals surface area contributed by atoms with Gasteiger partial charge in [0.25, 0.3) is 0 Å². The van der Waals surface area contributed by atoms with Gasteiger partial charge in [-0.25, -0.2) is 0 Å². The minimum Gasteiger partial charge on any atom is -0.480 e. The molecule has 40 heavy (non-hydrogen) atoms. The van der Waals surface area contributed by atoms with Gasteiger partial charge in [0.1, 0.15) is 5.41 Å². The molecule has 0 bridgehead atoms. The van der Waals surface area contributed by atoms with Crippen molar-refractivity contribution in [3.63, 3.8) is 0 Å². The van der Waals surface area contributed by atoms with E-state index >= 15 is 0 Å². The molecule has 1 fully saturated rings. The fourth-order valence-electron chi connectivity index (χ4n) is 6.44. The van der Waals surface area contributed by atoms with Crippen LogP contribution in [0.25, 0.3) is 11.1 Å². The Bertz CT molecular complexity index is 1380. The van der Waals surface area contributed by atoms with E-state index in [0.717, 1.165) is 65.9 Å². The van der Waals surface area contributed by atoms with Gasteiger partial charge in [0.15, 0.2) is 0 Å². The van der Waals surface area contributed by atoms with Crippen molar-refractivity contribution in [3.8, 4) is 11.1 Å². The van der Waals surface area contributed by atoms with E-state index < -0.39 is 17.3 Å². The van der Waals surface area contributed by atoms with Crippen LogP contribution in [0.5, 0.6) is 0 Å². The van der Waals surface area contributed by atoms with Gasteiger partial charge in [-0.15, -0.1) is 0 Å². The number of primary amides is 1. The summed E-state index contributed by atoms with van der Waals surface area (Å²) in [5.41, 5.74) is 9.75. The predicted octanol–water partition coefficient (Wildman–Crippen LogP) is 4.01. The Balaban J connectivity index is 1.23. The van der Waals surface area contributed by atoms with Crippen LogP contribution in [0.1, 0.15) is 47.9 Å². The molecule has 208 valence electrons. The molecule has 3 aromatic rings. The van der Waals surface area contributed by atoms with Gasteiger partial charge in [-0.05, 0) is 59.2 Å². The Kier molecular flexibility index (Phi) is 8.31. The molecule has 3 aromatic carbocycles. The second kappa shape index (κ2) is 12.0. The molecule has 1 aliphatic heterocycles. The zero-order valence-electron chi connectivity index (χ0n) is 22.9. The van der Waals surface area contributed by atoms with Crippen LogP contribution in [0, 0.1) is 0 Å². The average molecular weight is 540 g/mol. The number of hydrogen-bond acceptors (Lipinski definition) is 4. The molecule has 0 aromatic heterocycles. The second-order valence-corrected chi connectivity index (χ2v) is 10.9. The first-order valence-corrected chi connectivity index (χ1v) is 14.2. The highest BCUT2D eigenvalue weighted by atomic mass is 16.4. The number of piperazine rings is 1. The van der Waals surface area contributed by atoms with E-state index in [1.165, 1.54) is 0 Å². The molecule has 2 amide bonds. The van der Waals surface area contributed by atoms with E-state index in [4.69, 9.17) is 5.73 Å². The van der Waals surface area contributed by atoms with E-state index in [-0.39, 0.29) is 12.3 Å². The molecule has 1 atom stereocenters. The van der Waals surface area contributed by atoms with E-state index in [9.17, 15) is 19.5 Å². The normalized spacial score (nSPS) is 18.2. The monoisotopic (exact) mass is 539 g/mol. The summed E-state index contributed by atoms with van der Waals surface area (Å²) in [7, 11) is 0. The van der Waals surface area contributed by atoms with Crippen LogP contribution in [-0.4, -0.2) is 65.4 Å². The fraction of sp³-hybridized carbons (Fsp3) is 0.364. The van der Waals surface area contributed by atoms with Crippen molar-refractivity contribution in [3.05, 3.63) is 95.1 Å².